The number of anilines is 1. The fraction of sp³-hybridized carbons (Fsp3) is 0.440. The lowest BCUT2D eigenvalue weighted by atomic mass is 10.1. The molecule has 2 amide bonds. The molecular weight excluding hydrogens is 408 g/mol. The maximum Gasteiger partial charge on any atom is 0.243 e. The number of hydrogen-bond donors (Lipinski definition) is 1. The summed E-state index contributed by atoms with van der Waals surface area (Å²) in [6, 6.07) is 10.8. The van der Waals surface area contributed by atoms with Gasteiger partial charge in [-0.15, -0.1) is 0 Å². The van der Waals surface area contributed by atoms with Gasteiger partial charge in [0.25, 0.3) is 0 Å². The SMILES string of the molecule is CCOc1cc(CNC(=O)[C@@H]2Cc3ccccc3N2C(=O)CC)cc(OCC)c1OCC. The smallest absolute Gasteiger partial charge is 0.243 e. The van der Waals surface area contributed by atoms with Gasteiger partial charge in [0.1, 0.15) is 6.04 Å². The van der Waals surface area contributed by atoms with Gasteiger partial charge in [0.05, 0.1) is 19.8 Å². The molecule has 0 aromatic heterocycles. The van der Waals surface area contributed by atoms with Crippen LogP contribution in [-0.4, -0.2) is 37.7 Å². The van der Waals surface area contributed by atoms with Gasteiger partial charge in [-0.3, -0.25) is 14.5 Å². The van der Waals surface area contributed by atoms with E-state index in [1.54, 1.807) is 4.90 Å². The summed E-state index contributed by atoms with van der Waals surface area (Å²) in [7, 11) is 0. The van der Waals surface area contributed by atoms with Crippen LogP contribution in [0.1, 0.15) is 45.2 Å². The molecule has 3 rings (SSSR count). The number of fused-ring (bicyclic) bond motifs is 1. The third-order valence-corrected chi connectivity index (χ3v) is 5.29. The van der Waals surface area contributed by atoms with Gasteiger partial charge in [-0.1, -0.05) is 25.1 Å². The molecule has 172 valence electrons. The minimum atomic E-state index is -0.555. The molecule has 0 radical (unpaired) electrons. The van der Waals surface area contributed by atoms with E-state index < -0.39 is 6.04 Å². The standard InChI is InChI=1S/C25H32N2O5/c1-5-23(28)27-19-12-10-9-11-18(19)15-20(27)25(29)26-16-17-13-21(30-6-2)24(32-8-4)22(14-17)31-7-3/h9-14,20H,5-8,15-16H2,1-4H3,(H,26,29)/t20-/m0/s1. The van der Waals surface area contributed by atoms with E-state index in [1.807, 2.05) is 64.1 Å². The van der Waals surface area contributed by atoms with Crippen LogP contribution in [0.3, 0.4) is 0 Å². The molecule has 0 spiro atoms. The molecule has 0 bridgehead atoms. The van der Waals surface area contributed by atoms with Gasteiger partial charge in [0.15, 0.2) is 11.5 Å². The van der Waals surface area contributed by atoms with Gasteiger partial charge in [-0.2, -0.15) is 0 Å². The Morgan fingerprint density at radius 1 is 0.969 bits per heavy atom. The fourth-order valence-electron chi connectivity index (χ4n) is 3.93. The Bertz CT molecular complexity index is 932. The maximum absolute atomic E-state index is 13.1. The molecule has 1 aliphatic heterocycles. The highest BCUT2D eigenvalue weighted by atomic mass is 16.5. The zero-order valence-electron chi connectivity index (χ0n) is 19.3. The van der Waals surface area contributed by atoms with Crippen molar-refractivity contribution in [3.8, 4) is 17.2 Å². The second-order valence-corrected chi connectivity index (χ2v) is 7.40. The second kappa shape index (κ2) is 10.9. The van der Waals surface area contributed by atoms with Crippen LogP contribution in [0.4, 0.5) is 5.69 Å². The van der Waals surface area contributed by atoms with Gasteiger partial charge < -0.3 is 19.5 Å². The van der Waals surface area contributed by atoms with Crippen molar-refractivity contribution in [2.45, 2.75) is 53.1 Å². The topological polar surface area (TPSA) is 77.1 Å². The van der Waals surface area contributed by atoms with E-state index in [-0.39, 0.29) is 18.4 Å². The Hall–Kier alpha value is -3.22. The highest BCUT2D eigenvalue weighted by molar-refractivity contribution is 6.03. The van der Waals surface area contributed by atoms with Gasteiger partial charge in [0.2, 0.25) is 17.6 Å². The third-order valence-electron chi connectivity index (χ3n) is 5.29. The highest BCUT2D eigenvalue weighted by Crippen LogP contribution is 2.39. The molecule has 32 heavy (non-hydrogen) atoms. The summed E-state index contributed by atoms with van der Waals surface area (Å²) in [6.07, 6.45) is 0.845. The number of para-hydroxylation sites is 1. The number of rotatable bonds is 10. The number of benzene rings is 2. The van der Waals surface area contributed by atoms with Crippen molar-refractivity contribution < 1.29 is 23.8 Å². The van der Waals surface area contributed by atoms with Gasteiger partial charge in [0, 0.05) is 25.1 Å². The first-order valence-electron chi connectivity index (χ1n) is 11.3. The first-order chi connectivity index (χ1) is 15.5. The summed E-state index contributed by atoms with van der Waals surface area (Å²) in [5.74, 6) is 1.49. The Balaban J connectivity index is 1.80. The maximum atomic E-state index is 13.1. The average molecular weight is 441 g/mol. The molecule has 7 nitrogen and oxygen atoms in total. The molecule has 1 N–H and O–H groups in total. The normalized spacial score (nSPS) is 14.6. The summed E-state index contributed by atoms with van der Waals surface area (Å²) >= 11 is 0. The van der Waals surface area contributed by atoms with Crippen molar-refractivity contribution in [1.82, 2.24) is 5.32 Å². The van der Waals surface area contributed by atoms with Crippen LogP contribution in [0.15, 0.2) is 36.4 Å². The van der Waals surface area contributed by atoms with Gasteiger partial charge in [-0.05, 0) is 50.1 Å². The van der Waals surface area contributed by atoms with E-state index in [4.69, 9.17) is 14.2 Å². The predicted molar refractivity (Wildman–Crippen MR) is 124 cm³/mol. The Kier molecular flexibility index (Phi) is 7.98. The summed E-state index contributed by atoms with van der Waals surface area (Å²) in [5, 5.41) is 2.99. The minimum absolute atomic E-state index is 0.0616. The largest absolute Gasteiger partial charge is 0.490 e. The molecule has 1 atom stereocenters. The molecule has 2 aromatic carbocycles. The van der Waals surface area contributed by atoms with Crippen LogP contribution in [0, 0.1) is 0 Å². The number of hydrogen-bond acceptors (Lipinski definition) is 5. The van der Waals surface area contributed by atoms with Crippen molar-refractivity contribution in [2.24, 2.45) is 0 Å². The summed E-state index contributed by atoms with van der Waals surface area (Å²) in [4.78, 5) is 27.3. The molecule has 0 saturated carbocycles. The van der Waals surface area contributed by atoms with Crippen LogP contribution >= 0.6 is 0 Å². The fourth-order valence-corrected chi connectivity index (χ4v) is 3.93. The molecule has 7 heteroatoms. The lowest BCUT2D eigenvalue weighted by Crippen LogP contribution is -2.47. The lowest BCUT2D eigenvalue weighted by molar-refractivity contribution is -0.126. The molecule has 0 saturated heterocycles. The van der Waals surface area contributed by atoms with Crippen molar-refractivity contribution in [3.05, 3.63) is 47.5 Å². The monoisotopic (exact) mass is 440 g/mol. The van der Waals surface area contributed by atoms with Crippen molar-refractivity contribution >= 4 is 17.5 Å². The summed E-state index contributed by atoms with van der Waals surface area (Å²) in [5.41, 5.74) is 2.66. The zero-order valence-corrected chi connectivity index (χ0v) is 19.3. The minimum Gasteiger partial charge on any atom is -0.490 e. The first-order valence-corrected chi connectivity index (χ1v) is 11.3. The molecule has 1 heterocycles. The van der Waals surface area contributed by atoms with Gasteiger partial charge >= 0.3 is 0 Å². The molecule has 0 unspecified atom stereocenters. The number of amides is 2. The Labute approximate surface area is 189 Å². The molecule has 1 aliphatic rings. The quantitative estimate of drug-likeness (QED) is 0.607. The van der Waals surface area contributed by atoms with E-state index in [0.29, 0.717) is 49.9 Å². The highest BCUT2D eigenvalue weighted by Gasteiger charge is 2.37. The molecular formula is C25H32N2O5. The van der Waals surface area contributed by atoms with Crippen LogP contribution in [0.2, 0.25) is 0 Å². The molecule has 0 aliphatic carbocycles. The van der Waals surface area contributed by atoms with E-state index in [1.165, 1.54) is 0 Å². The van der Waals surface area contributed by atoms with Crippen molar-refractivity contribution in [3.63, 3.8) is 0 Å². The zero-order chi connectivity index (χ0) is 23.1. The second-order valence-electron chi connectivity index (χ2n) is 7.40. The van der Waals surface area contributed by atoms with E-state index in [0.717, 1.165) is 16.8 Å². The van der Waals surface area contributed by atoms with E-state index in [2.05, 4.69) is 5.32 Å². The third kappa shape index (κ3) is 4.98. The van der Waals surface area contributed by atoms with E-state index >= 15 is 0 Å². The predicted octanol–water partition coefficient (Wildman–Crippen LogP) is 3.87. The van der Waals surface area contributed by atoms with E-state index in [9.17, 15) is 9.59 Å². The van der Waals surface area contributed by atoms with Crippen LogP contribution < -0.4 is 24.4 Å². The number of nitrogens with zero attached hydrogens (tertiary/aromatic N) is 1. The van der Waals surface area contributed by atoms with Gasteiger partial charge in [-0.25, -0.2) is 0 Å². The van der Waals surface area contributed by atoms with Crippen LogP contribution in [0.25, 0.3) is 0 Å². The lowest BCUT2D eigenvalue weighted by Gasteiger charge is -2.24. The van der Waals surface area contributed by atoms with Crippen molar-refractivity contribution in [1.29, 1.82) is 0 Å². The Morgan fingerprint density at radius 3 is 2.19 bits per heavy atom. The number of ether oxygens (including phenoxy) is 3. The number of carbonyl (C=O) groups is 2. The number of carbonyl (C=O) groups excluding carboxylic acids is 2. The molecule has 0 fully saturated rings. The Morgan fingerprint density at radius 2 is 1.59 bits per heavy atom. The van der Waals surface area contributed by atoms with Crippen LogP contribution in [0.5, 0.6) is 17.2 Å². The van der Waals surface area contributed by atoms with Crippen LogP contribution in [-0.2, 0) is 22.6 Å². The average Bonchev–Trinajstić information content (AvgIpc) is 3.19. The van der Waals surface area contributed by atoms with Crippen molar-refractivity contribution in [2.75, 3.05) is 24.7 Å². The first kappa shape index (κ1) is 23.4. The molecule has 2 aromatic rings. The summed E-state index contributed by atoms with van der Waals surface area (Å²) in [6.45, 7) is 9.26. The number of nitrogens with one attached hydrogen (secondary N) is 1. The summed E-state index contributed by atoms with van der Waals surface area (Å²) < 4.78 is 17.3.